The molecular weight excluding hydrogens is 320 g/mol. The molecule has 0 bridgehead atoms. The molecule has 4 atom stereocenters. The molecule has 2 aliphatic rings. The van der Waals surface area contributed by atoms with E-state index in [1.807, 2.05) is 6.92 Å². The first-order valence-corrected chi connectivity index (χ1v) is 9.88. The van der Waals surface area contributed by atoms with Crippen LogP contribution in [0.15, 0.2) is 0 Å². The van der Waals surface area contributed by atoms with Crippen molar-refractivity contribution in [2.24, 2.45) is 11.8 Å². The maximum atomic E-state index is 11.4. The van der Waals surface area contributed by atoms with Crippen molar-refractivity contribution < 1.29 is 32.4 Å². The first kappa shape index (κ1) is 17.9. The van der Waals surface area contributed by atoms with Crippen LogP contribution in [0.5, 0.6) is 0 Å². The highest BCUT2D eigenvalue weighted by molar-refractivity contribution is 6.65. The third kappa shape index (κ3) is 5.03. The molecule has 4 unspecified atom stereocenters. The van der Waals surface area contributed by atoms with E-state index < -0.39 is 26.7 Å². The number of hydrogen-bond acceptors (Lipinski definition) is 7. The molecule has 1 aliphatic heterocycles. The quantitative estimate of drug-likeness (QED) is 0.536. The Morgan fingerprint density at radius 2 is 1.52 bits per heavy atom. The molecule has 7 nitrogen and oxygen atoms in total. The van der Waals surface area contributed by atoms with Crippen LogP contribution in [0.1, 0.15) is 47.0 Å². The Morgan fingerprint density at radius 3 is 1.96 bits per heavy atom. The van der Waals surface area contributed by atoms with Crippen molar-refractivity contribution in [1.29, 1.82) is 0 Å². The molecule has 0 radical (unpaired) electrons. The van der Waals surface area contributed by atoms with Gasteiger partial charge in [0.1, 0.15) is 0 Å². The van der Waals surface area contributed by atoms with Crippen LogP contribution < -0.4 is 0 Å². The lowest BCUT2D eigenvalue weighted by molar-refractivity contribution is -0.148. The Kier molecular flexibility index (Phi) is 5.46. The van der Waals surface area contributed by atoms with Crippen LogP contribution in [0, 0.1) is 11.8 Å². The molecule has 0 spiro atoms. The van der Waals surface area contributed by atoms with Crippen molar-refractivity contribution in [3.05, 3.63) is 0 Å². The van der Waals surface area contributed by atoms with Gasteiger partial charge in [0.15, 0.2) is 0 Å². The van der Waals surface area contributed by atoms with Gasteiger partial charge in [-0.05, 0) is 31.1 Å². The molecule has 1 saturated heterocycles. The minimum atomic E-state index is -3.73. The molecule has 0 aromatic heterocycles. The summed E-state index contributed by atoms with van der Waals surface area (Å²) in [5, 5.41) is 0. The monoisotopic (exact) mass is 344 g/mol. The fourth-order valence-electron chi connectivity index (χ4n) is 3.36. The fraction of sp³-hybridized carbons (Fsp3) is 0.800. The zero-order chi connectivity index (χ0) is 17.2. The molecule has 23 heavy (non-hydrogen) atoms. The van der Waals surface area contributed by atoms with E-state index in [-0.39, 0.29) is 12.0 Å². The van der Waals surface area contributed by atoms with Gasteiger partial charge in [-0.1, -0.05) is 6.92 Å². The van der Waals surface area contributed by atoms with Gasteiger partial charge in [-0.15, -0.1) is 0 Å². The zero-order valence-electron chi connectivity index (χ0n) is 14.0. The van der Waals surface area contributed by atoms with Crippen molar-refractivity contribution >= 4 is 26.7 Å². The van der Waals surface area contributed by atoms with Gasteiger partial charge < -0.3 is 18.0 Å². The molecule has 1 heterocycles. The van der Waals surface area contributed by atoms with Gasteiger partial charge in [0.2, 0.25) is 0 Å². The number of hydrogen-bond donors (Lipinski definition) is 0. The topological polar surface area (TPSA) is 91.4 Å². The predicted molar refractivity (Wildman–Crippen MR) is 81.0 cm³/mol. The summed E-state index contributed by atoms with van der Waals surface area (Å²) in [6, 6.07) is 0.244. The van der Waals surface area contributed by atoms with Crippen molar-refractivity contribution in [3.63, 3.8) is 0 Å². The van der Waals surface area contributed by atoms with Gasteiger partial charge in [0.25, 0.3) is 17.9 Å². The first-order valence-electron chi connectivity index (χ1n) is 7.95. The van der Waals surface area contributed by atoms with Crippen LogP contribution in [-0.2, 0) is 32.4 Å². The average molecular weight is 344 g/mol. The molecule has 1 saturated carbocycles. The van der Waals surface area contributed by atoms with Crippen LogP contribution in [-0.4, -0.2) is 38.9 Å². The van der Waals surface area contributed by atoms with Crippen LogP contribution in [0.2, 0.25) is 6.04 Å². The van der Waals surface area contributed by atoms with Crippen molar-refractivity contribution in [3.8, 4) is 0 Å². The van der Waals surface area contributed by atoms with E-state index in [0.29, 0.717) is 18.1 Å². The van der Waals surface area contributed by atoms with Gasteiger partial charge in [0.05, 0.1) is 18.3 Å². The molecule has 0 aromatic rings. The summed E-state index contributed by atoms with van der Waals surface area (Å²) in [5.74, 6) is -1.42. The van der Waals surface area contributed by atoms with Crippen molar-refractivity contribution in [2.75, 3.05) is 0 Å². The molecule has 130 valence electrons. The molecular formula is C15H24O7Si. The van der Waals surface area contributed by atoms with Crippen LogP contribution in [0.4, 0.5) is 0 Å². The smallest absolute Gasteiger partial charge is 0.455 e. The van der Waals surface area contributed by atoms with Gasteiger partial charge in [-0.3, -0.25) is 14.4 Å². The van der Waals surface area contributed by atoms with Gasteiger partial charge in [0, 0.05) is 20.8 Å². The summed E-state index contributed by atoms with van der Waals surface area (Å²) in [5.41, 5.74) is 0. The Bertz CT molecular complexity index is 451. The summed E-state index contributed by atoms with van der Waals surface area (Å²) in [7, 11) is -3.73. The number of carbonyl (C=O) groups is 3. The molecule has 1 aliphatic carbocycles. The first-order chi connectivity index (χ1) is 10.7. The summed E-state index contributed by atoms with van der Waals surface area (Å²) in [6.45, 7) is 5.64. The Labute approximate surface area is 137 Å². The van der Waals surface area contributed by atoms with Crippen LogP contribution >= 0.6 is 0 Å². The highest BCUT2D eigenvalue weighted by Crippen LogP contribution is 2.44. The lowest BCUT2D eigenvalue weighted by atomic mass is 9.82. The van der Waals surface area contributed by atoms with E-state index in [2.05, 4.69) is 0 Å². The van der Waals surface area contributed by atoms with Crippen molar-refractivity contribution in [1.82, 2.24) is 0 Å². The lowest BCUT2D eigenvalue weighted by Crippen LogP contribution is -2.51. The number of carbonyl (C=O) groups excluding carboxylic acids is 3. The zero-order valence-corrected chi connectivity index (χ0v) is 15.0. The second-order valence-corrected chi connectivity index (χ2v) is 8.82. The molecule has 0 amide bonds. The molecule has 2 rings (SSSR count). The second kappa shape index (κ2) is 7.00. The minimum Gasteiger partial charge on any atom is -0.455 e. The summed E-state index contributed by atoms with van der Waals surface area (Å²) in [4.78, 5) is 34.3. The minimum absolute atomic E-state index is 0.0878. The third-order valence-electron chi connectivity index (χ3n) is 4.32. The number of epoxide rings is 1. The molecule has 0 N–H and O–H groups in total. The normalized spacial score (nSPS) is 27.4. The van der Waals surface area contributed by atoms with Crippen molar-refractivity contribution in [2.45, 2.75) is 65.2 Å². The third-order valence-corrected chi connectivity index (χ3v) is 7.26. The standard InChI is InChI=1S/C15H24O7Si/c1-9(13-5-6-14-15(7-13)19-14)8-23(20-10(2)16,21-11(3)17)22-12(4)18/h9,13-15H,5-8H2,1-4H3. The maximum absolute atomic E-state index is 11.4. The van der Waals surface area contributed by atoms with E-state index >= 15 is 0 Å². The second-order valence-electron chi connectivity index (χ2n) is 6.43. The van der Waals surface area contributed by atoms with Gasteiger partial charge in [-0.2, -0.15) is 0 Å². The highest BCUT2D eigenvalue weighted by atomic mass is 28.4. The molecule has 0 aromatic carbocycles. The largest absolute Gasteiger partial charge is 0.705 e. The van der Waals surface area contributed by atoms with E-state index in [4.69, 9.17) is 18.0 Å². The number of fused-ring (bicyclic) bond motifs is 1. The SMILES string of the molecule is CC(=O)O[Si](CC(C)C1CCC2OC2C1)(OC(C)=O)OC(C)=O. The lowest BCUT2D eigenvalue weighted by Gasteiger charge is -2.32. The van der Waals surface area contributed by atoms with E-state index in [9.17, 15) is 14.4 Å². The Hall–Kier alpha value is -1.41. The fourth-order valence-corrected chi connectivity index (χ4v) is 6.17. The summed E-state index contributed by atoms with van der Waals surface area (Å²) >= 11 is 0. The number of rotatable bonds is 6. The average Bonchev–Trinajstić information content (AvgIpc) is 3.13. The summed E-state index contributed by atoms with van der Waals surface area (Å²) in [6.07, 6.45) is 3.69. The van der Waals surface area contributed by atoms with Gasteiger partial charge in [-0.25, -0.2) is 0 Å². The summed E-state index contributed by atoms with van der Waals surface area (Å²) < 4.78 is 21.3. The Balaban J connectivity index is 2.10. The molecule has 2 fully saturated rings. The van der Waals surface area contributed by atoms with Crippen LogP contribution in [0.25, 0.3) is 0 Å². The number of ether oxygens (including phenoxy) is 1. The molecule has 8 heteroatoms. The van der Waals surface area contributed by atoms with Gasteiger partial charge >= 0.3 is 8.80 Å². The highest BCUT2D eigenvalue weighted by Gasteiger charge is 2.55. The van der Waals surface area contributed by atoms with E-state index in [0.717, 1.165) is 19.3 Å². The van der Waals surface area contributed by atoms with E-state index in [1.54, 1.807) is 0 Å². The Morgan fingerprint density at radius 1 is 1.00 bits per heavy atom. The van der Waals surface area contributed by atoms with Crippen LogP contribution in [0.3, 0.4) is 0 Å². The predicted octanol–water partition coefficient (Wildman–Crippen LogP) is 1.82. The van der Waals surface area contributed by atoms with E-state index in [1.165, 1.54) is 20.8 Å². The maximum Gasteiger partial charge on any atom is 0.705 e.